The van der Waals surface area contributed by atoms with Gasteiger partial charge in [0.15, 0.2) is 0 Å². The van der Waals surface area contributed by atoms with Gasteiger partial charge < -0.3 is 10.2 Å². The molecule has 2 atom stereocenters. The molecule has 0 aromatic heterocycles. The molecule has 5 heteroatoms. The summed E-state index contributed by atoms with van der Waals surface area (Å²) in [7, 11) is 1.83. The molecule has 1 aromatic carbocycles. The summed E-state index contributed by atoms with van der Waals surface area (Å²) in [5.74, 6) is 0.155. The predicted molar refractivity (Wildman–Crippen MR) is 87.9 cm³/mol. The lowest BCUT2D eigenvalue weighted by Crippen LogP contribution is -2.31. The monoisotopic (exact) mass is 328 g/mol. The van der Waals surface area contributed by atoms with E-state index < -0.39 is 0 Å². The average Bonchev–Trinajstić information content (AvgIpc) is 2.96. The van der Waals surface area contributed by atoms with Crippen LogP contribution in [-0.2, 0) is 4.79 Å². The number of nitrogens with one attached hydrogen (secondary N) is 1. The Morgan fingerprint density at radius 3 is 2.86 bits per heavy atom. The van der Waals surface area contributed by atoms with Gasteiger partial charge in [-0.25, -0.2) is 0 Å². The van der Waals surface area contributed by atoms with E-state index in [1.165, 1.54) is 12.8 Å². The maximum atomic E-state index is 12.3. The molecule has 21 heavy (non-hydrogen) atoms. The lowest BCUT2D eigenvalue weighted by Gasteiger charge is -2.26. The van der Waals surface area contributed by atoms with Crippen molar-refractivity contribution in [1.29, 1.82) is 0 Å². The number of hydrogen-bond acceptors (Lipinski definition) is 2. The van der Waals surface area contributed by atoms with Gasteiger partial charge in [-0.1, -0.05) is 29.3 Å². The third-order valence-electron chi connectivity index (χ3n) is 4.26. The molecular weight excluding hydrogens is 307 g/mol. The standard InChI is InChI=1S/C16H22Cl2N2O/c1-11(14-7-5-12(17)10-15(14)18)20(2)16(21)8-6-13-4-3-9-19-13/h5,7,10-11,13,19H,3-4,6,8-9H2,1-2H3. The molecule has 0 saturated carbocycles. The van der Waals surface area contributed by atoms with E-state index in [2.05, 4.69) is 5.32 Å². The van der Waals surface area contributed by atoms with Gasteiger partial charge in [0, 0.05) is 29.6 Å². The van der Waals surface area contributed by atoms with Crippen LogP contribution in [0.3, 0.4) is 0 Å². The minimum atomic E-state index is -0.0567. The third-order valence-corrected chi connectivity index (χ3v) is 4.82. The number of amides is 1. The molecule has 1 saturated heterocycles. The van der Waals surface area contributed by atoms with Crippen LogP contribution < -0.4 is 5.32 Å². The number of nitrogens with zero attached hydrogens (tertiary/aromatic N) is 1. The van der Waals surface area contributed by atoms with Gasteiger partial charge >= 0.3 is 0 Å². The van der Waals surface area contributed by atoms with E-state index in [1.807, 2.05) is 20.0 Å². The number of benzene rings is 1. The van der Waals surface area contributed by atoms with Crippen molar-refractivity contribution in [1.82, 2.24) is 10.2 Å². The van der Waals surface area contributed by atoms with Crippen molar-refractivity contribution in [2.24, 2.45) is 0 Å². The second-order valence-corrected chi connectivity index (χ2v) is 6.52. The molecule has 1 aliphatic rings. The van der Waals surface area contributed by atoms with Crippen LogP contribution >= 0.6 is 23.2 Å². The Morgan fingerprint density at radius 1 is 1.48 bits per heavy atom. The van der Waals surface area contributed by atoms with Crippen LogP contribution in [0.15, 0.2) is 18.2 Å². The second-order valence-electron chi connectivity index (χ2n) is 5.68. The van der Waals surface area contributed by atoms with Crippen molar-refractivity contribution in [2.45, 2.75) is 44.7 Å². The molecule has 1 aliphatic heterocycles. The number of hydrogen-bond donors (Lipinski definition) is 1. The molecule has 3 nitrogen and oxygen atoms in total. The van der Waals surface area contributed by atoms with Gasteiger partial charge in [-0.05, 0) is 50.4 Å². The normalized spacial score (nSPS) is 19.5. The summed E-state index contributed by atoms with van der Waals surface area (Å²) in [4.78, 5) is 14.1. The summed E-state index contributed by atoms with van der Waals surface area (Å²) in [6, 6.07) is 5.85. The first-order valence-corrected chi connectivity index (χ1v) is 8.18. The molecule has 0 spiro atoms. The van der Waals surface area contributed by atoms with E-state index in [0.29, 0.717) is 22.5 Å². The Kier molecular flexibility index (Phi) is 5.91. The highest BCUT2D eigenvalue weighted by molar-refractivity contribution is 6.35. The molecule has 1 aromatic rings. The maximum absolute atomic E-state index is 12.3. The van der Waals surface area contributed by atoms with Crippen LogP contribution in [0.2, 0.25) is 10.0 Å². The Bertz CT molecular complexity index is 501. The van der Waals surface area contributed by atoms with Crippen LogP contribution in [0, 0.1) is 0 Å². The molecule has 1 heterocycles. The molecule has 1 fully saturated rings. The Morgan fingerprint density at radius 2 is 2.24 bits per heavy atom. The van der Waals surface area contributed by atoms with E-state index in [4.69, 9.17) is 23.2 Å². The molecule has 2 rings (SSSR count). The zero-order valence-electron chi connectivity index (χ0n) is 12.5. The summed E-state index contributed by atoms with van der Waals surface area (Å²) in [5, 5.41) is 4.63. The van der Waals surface area contributed by atoms with Gasteiger partial charge in [0.25, 0.3) is 0 Å². The van der Waals surface area contributed by atoms with E-state index >= 15 is 0 Å². The van der Waals surface area contributed by atoms with Gasteiger partial charge in [-0.2, -0.15) is 0 Å². The zero-order valence-corrected chi connectivity index (χ0v) is 14.0. The predicted octanol–water partition coefficient (Wildman–Crippen LogP) is 4.05. The Balaban J connectivity index is 1.93. The maximum Gasteiger partial charge on any atom is 0.222 e. The van der Waals surface area contributed by atoms with E-state index in [1.54, 1.807) is 17.0 Å². The topological polar surface area (TPSA) is 32.3 Å². The average molecular weight is 329 g/mol. The first-order valence-electron chi connectivity index (χ1n) is 7.43. The summed E-state index contributed by atoms with van der Waals surface area (Å²) in [6.07, 6.45) is 3.87. The highest BCUT2D eigenvalue weighted by Gasteiger charge is 2.21. The molecule has 116 valence electrons. The Hall–Kier alpha value is -0.770. The first-order chi connectivity index (χ1) is 9.99. The molecule has 1 N–H and O–H groups in total. The molecule has 0 radical (unpaired) electrons. The van der Waals surface area contributed by atoms with Crippen molar-refractivity contribution >= 4 is 29.1 Å². The molecule has 2 unspecified atom stereocenters. The summed E-state index contributed by atoms with van der Waals surface area (Å²) >= 11 is 12.1. The lowest BCUT2D eigenvalue weighted by atomic mass is 10.1. The zero-order chi connectivity index (χ0) is 15.4. The fraction of sp³-hybridized carbons (Fsp3) is 0.562. The highest BCUT2D eigenvalue weighted by atomic mass is 35.5. The minimum absolute atomic E-state index is 0.0567. The fourth-order valence-electron chi connectivity index (χ4n) is 2.74. The lowest BCUT2D eigenvalue weighted by molar-refractivity contribution is -0.132. The largest absolute Gasteiger partial charge is 0.339 e. The van der Waals surface area contributed by atoms with Gasteiger partial charge in [0.1, 0.15) is 0 Å². The van der Waals surface area contributed by atoms with Crippen LogP contribution in [0.25, 0.3) is 0 Å². The van der Waals surface area contributed by atoms with Crippen LogP contribution in [-0.4, -0.2) is 30.4 Å². The molecule has 1 amide bonds. The van der Waals surface area contributed by atoms with Crippen molar-refractivity contribution < 1.29 is 4.79 Å². The number of halogens is 2. The van der Waals surface area contributed by atoms with Gasteiger partial charge in [-0.3, -0.25) is 4.79 Å². The van der Waals surface area contributed by atoms with E-state index in [0.717, 1.165) is 18.5 Å². The minimum Gasteiger partial charge on any atom is -0.339 e. The van der Waals surface area contributed by atoms with E-state index in [9.17, 15) is 4.79 Å². The van der Waals surface area contributed by atoms with E-state index in [-0.39, 0.29) is 11.9 Å². The smallest absolute Gasteiger partial charge is 0.222 e. The summed E-state index contributed by atoms with van der Waals surface area (Å²) in [6.45, 7) is 3.06. The van der Waals surface area contributed by atoms with Crippen molar-refractivity contribution in [3.63, 3.8) is 0 Å². The molecule has 0 bridgehead atoms. The molecule has 0 aliphatic carbocycles. The second kappa shape index (κ2) is 7.48. The van der Waals surface area contributed by atoms with Crippen LogP contribution in [0.1, 0.15) is 44.2 Å². The summed E-state index contributed by atoms with van der Waals surface area (Å²) < 4.78 is 0. The van der Waals surface area contributed by atoms with Crippen molar-refractivity contribution in [3.05, 3.63) is 33.8 Å². The number of rotatable bonds is 5. The van der Waals surface area contributed by atoms with Gasteiger partial charge in [-0.15, -0.1) is 0 Å². The highest BCUT2D eigenvalue weighted by Crippen LogP contribution is 2.29. The van der Waals surface area contributed by atoms with Gasteiger partial charge in [0.2, 0.25) is 5.91 Å². The van der Waals surface area contributed by atoms with Crippen molar-refractivity contribution in [3.8, 4) is 0 Å². The van der Waals surface area contributed by atoms with Crippen LogP contribution in [0.4, 0.5) is 0 Å². The number of carbonyl (C=O) groups is 1. The third kappa shape index (κ3) is 4.35. The number of carbonyl (C=O) groups excluding carboxylic acids is 1. The fourth-order valence-corrected chi connectivity index (χ4v) is 3.31. The van der Waals surface area contributed by atoms with Crippen LogP contribution in [0.5, 0.6) is 0 Å². The summed E-state index contributed by atoms with van der Waals surface area (Å²) in [5.41, 5.74) is 0.927. The molecular formula is C16H22Cl2N2O. The quantitative estimate of drug-likeness (QED) is 0.884. The Labute approximate surface area is 136 Å². The first kappa shape index (κ1) is 16.6. The van der Waals surface area contributed by atoms with Crippen molar-refractivity contribution in [2.75, 3.05) is 13.6 Å². The van der Waals surface area contributed by atoms with Gasteiger partial charge in [0.05, 0.1) is 6.04 Å². The SMILES string of the molecule is CC(c1ccc(Cl)cc1Cl)N(C)C(=O)CCC1CCCN1.